The van der Waals surface area contributed by atoms with Crippen LogP contribution >= 0.6 is 23.2 Å². The molecule has 144 valence electrons. The van der Waals surface area contributed by atoms with Crippen LogP contribution < -0.4 is 9.47 Å². The lowest BCUT2D eigenvalue weighted by atomic mass is 10.1. The van der Waals surface area contributed by atoms with Gasteiger partial charge in [-0.15, -0.1) is 0 Å². The van der Waals surface area contributed by atoms with Gasteiger partial charge in [-0.2, -0.15) is 0 Å². The molecule has 0 N–H and O–H groups in total. The van der Waals surface area contributed by atoms with Gasteiger partial charge < -0.3 is 9.47 Å². The first kappa shape index (κ1) is 20.2. The zero-order valence-corrected chi connectivity index (χ0v) is 17.5. The lowest BCUT2D eigenvalue weighted by molar-refractivity contribution is 0.284. The Morgan fingerprint density at radius 2 is 1.71 bits per heavy atom. The van der Waals surface area contributed by atoms with E-state index in [2.05, 4.69) is 24.0 Å². The summed E-state index contributed by atoms with van der Waals surface area (Å²) in [6, 6.07) is 17.4. The number of nitrogens with zero attached hydrogens (tertiary/aromatic N) is 1. The largest absolute Gasteiger partial charge is 0.493 e. The number of halogens is 2. The predicted molar refractivity (Wildman–Crippen MR) is 117 cm³/mol. The molecule has 3 nitrogen and oxygen atoms in total. The van der Waals surface area contributed by atoms with E-state index in [0.717, 1.165) is 22.4 Å². The van der Waals surface area contributed by atoms with E-state index in [1.165, 1.54) is 5.56 Å². The fourth-order valence-corrected chi connectivity index (χ4v) is 3.12. The summed E-state index contributed by atoms with van der Waals surface area (Å²) in [5, 5.41) is 1.15. The number of methoxy groups -OCH3 is 1. The highest BCUT2D eigenvalue weighted by molar-refractivity contribution is 6.32. The monoisotopic (exact) mass is 413 g/mol. The summed E-state index contributed by atoms with van der Waals surface area (Å²) in [5.41, 5.74) is 4.81. The van der Waals surface area contributed by atoms with E-state index in [0.29, 0.717) is 28.2 Å². The Morgan fingerprint density at radius 3 is 2.43 bits per heavy atom. The predicted octanol–water partition coefficient (Wildman–Crippen LogP) is 6.95. The van der Waals surface area contributed by atoms with Crippen molar-refractivity contribution in [2.45, 2.75) is 20.5 Å². The van der Waals surface area contributed by atoms with Crippen molar-refractivity contribution in [1.29, 1.82) is 0 Å². The highest BCUT2D eigenvalue weighted by Crippen LogP contribution is 2.37. The van der Waals surface area contributed by atoms with Gasteiger partial charge in [0, 0.05) is 11.2 Å². The zero-order chi connectivity index (χ0) is 20.1. The smallest absolute Gasteiger partial charge is 0.180 e. The van der Waals surface area contributed by atoms with Crippen molar-refractivity contribution in [2.24, 2.45) is 4.99 Å². The molecule has 0 aliphatic heterocycles. The van der Waals surface area contributed by atoms with Gasteiger partial charge >= 0.3 is 0 Å². The van der Waals surface area contributed by atoms with Crippen molar-refractivity contribution in [1.82, 2.24) is 0 Å². The number of aliphatic imine (C=N–C) groups is 1. The number of hydrogen-bond acceptors (Lipinski definition) is 3. The third-order valence-corrected chi connectivity index (χ3v) is 5.04. The topological polar surface area (TPSA) is 30.8 Å². The number of rotatable bonds is 6. The van der Waals surface area contributed by atoms with Crippen molar-refractivity contribution in [2.75, 3.05) is 7.11 Å². The summed E-state index contributed by atoms with van der Waals surface area (Å²) in [4.78, 5) is 4.52. The average molecular weight is 414 g/mol. The molecule has 0 saturated heterocycles. The summed E-state index contributed by atoms with van der Waals surface area (Å²) in [6.07, 6.45) is 1.73. The molecule has 0 heterocycles. The van der Waals surface area contributed by atoms with Gasteiger partial charge in [-0.25, -0.2) is 0 Å². The number of benzene rings is 3. The van der Waals surface area contributed by atoms with Crippen LogP contribution in [-0.4, -0.2) is 13.3 Å². The van der Waals surface area contributed by atoms with Crippen LogP contribution in [-0.2, 0) is 6.61 Å². The van der Waals surface area contributed by atoms with Crippen molar-refractivity contribution < 1.29 is 9.47 Å². The van der Waals surface area contributed by atoms with Crippen LogP contribution in [0.25, 0.3) is 0 Å². The van der Waals surface area contributed by atoms with Gasteiger partial charge in [0.2, 0.25) is 0 Å². The molecule has 0 fully saturated rings. The van der Waals surface area contributed by atoms with Gasteiger partial charge in [-0.05, 0) is 54.8 Å². The molecule has 3 rings (SSSR count). The van der Waals surface area contributed by atoms with Crippen molar-refractivity contribution in [3.05, 3.63) is 86.9 Å². The Balaban J connectivity index is 1.81. The molecule has 28 heavy (non-hydrogen) atoms. The van der Waals surface area contributed by atoms with E-state index in [1.807, 2.05) is 43.3 Å². The molecule has 3 aromatic rings. The van der Waals surface area contributed by atoms with Crippen LogP contribution in [0.3, 0.4) is 0 Å². The van der Waals surface area contributed by atoms with Crippen molar-refractivity contribution >= 4 is 35.1 Å². The van der Waals surface area contributed by atoms with Crippen molar-refractivity contribution in [3.8, 4) is 11.5 Å². The third kappa shape index (κ3) is 4.86. The molecule has 0 amide bonds. The fraction of sp³-hybridized carbons (Fsp3) is 0.174. The molecule has 0 aliphatic carbocycles. The second-order valence-electron chi connectivity index (χ2n) is 6.45. The van der Waals surface area contributed by atoms with E-state index in [-0.39, 0.29) is 0 Å². The summed E-state index contributed by atoms with van der Waals surface area (Å²) < 4.78 is 11.4. The Bertz CT molecular complexity index is 998. The van der Waals surface area contributed by atoms with Gasteiger partial charge in [-0.3, -0.25) is 4.99 Å². The number of ether oxygens (including phenoxy) is 2. The first-order valence-electron chi connectivity index (χ1n) is 8.83. The number of hydrogen-bond donors (Lipinski definition) is 0. The maximum absolute atomic E-state index is 6.46. The summed E-state index contributed by atoms with van der Waals surface area (Å²) in [7, 11) is 1.59. The maximum Gasteiger partial charge on any atom is 0.180 e. The highest BCUT2D eigenvalue weighted by Gasteiger charge is 2.12. The summed E-state index contributed by atoms with van der Waals surface area (Å²) in [6.45, 7) is 4.39. The molecule has 0 spiro atoms. The minimum Gasteiger partial charge on any atom is -0.493 e. The molecule has 0 unspecified atom stereocenters. The molecule has 5 heteroatoms. The molecule has 0 atom stereocenters. The van der Waals surface area contributed by atoms with Crippen molar-refractivity contribution in [3.63, 3.8) is 0 Å². The molecule has 3 aromatic carbocycles. The van der Waals surface area contributed by atoms with Gasteiger partial charge in [0.15, 0.2) is 11.5 Å². The minimum absolute atomic E-state index is 0.408. The summed E-state index contributed by atoms with van der Waals surface area (Å²) in [5.74, 6) is 1.07. The second kappa shape index (κ2) is 9.13. The van der Waals surface area contributed by atoms with Crippen LogP contribution in [0.15, 0.2) is 59.6 Å². The SMILES string of the molecule is COc1cc(C=Nc2cccc(Cl)c2C)cc(Cl)c1OCc1ccc(C)cc1. The highest BCUT2D eigenvalue weighted by atomic mass is 35.5. The van der Waals surface area contributed by atoms with Gasteiger partial charge in [-0.1, -0.05) is 59.1 Å². The second-order valence-corrected chi connectivity index (χ2v) is 7.26. The Kier molecular flexibility index (Phi) is 6.61. The van der Waals surface area contributed by atoms with E-state index >= 15 is 0 Å². The van der Waals surface area contributed by atoms with Crippen LogP contribution in [0.1, 0.15) is 22.3 Å². The maximum atomic E-state index is 6.46. The third-order valence-electron chi connectivity index (χ3n) is 4.35. The molecule has 0 aliphatic rings. The zero-order valence-electron chi connectivity index (χ0n) is 16.0. The molecular formula is C23H21Cl2NO2. The van der Waals surface area contributed by atoms with Crippen LogP contribution in [0.5, 0.6) is 11.5 Å². The lowest BCUT2D eigenvalue weighted by Gasteiger charge is -2.13. The van der Waals surface area contributed by atoms with Crippen LogP contribution in [0, 0.1) is 13.8 Å². The van der Waals surface area contributed by atoms with Gasteiger partial charge in [0.05, 0.1) is 17.8 Å². The molecule has 0 radical (unpaired) electrons. The Morgan fingerprint density at radius 1 is 0.964 bits per heavy atom. The first-order chi connectivity index (χ1) is 13.5. The molecule has 0 aromatic heterocycles. The van der Waals surface area contributed by atoms with E-state index in [9.17, 15) is 0 Å². The summed E-state index contributed by atoms with van der Waals surface area (Å²) >= 11 is 12.6. The molecule has 0 bridgehead atoms. The van der Waals surface area contributed by atoms with Gasteiger partial charge in [0.25, 0.3) is 0 Å². The van der Waals surface area contributed by atoms with Crippen LogP contribution in [0.4, 0.5) is 5.69 Å². The average Bonchev–Trinajstić information content (AvgIpc) is 2.69. The number of aryl methyl sites for hydroxylation is 1. The minimum atomic E-state index is 0.408. The van der Waals surface area contributed by atoms with E-state index in [4.69, 9.17) is 32.7 Å². The Labute approximate surface area is 175 Å². The van der Waals surface area contributed by atoms with E-state index in [1.54, 1.807) is 19.4 Å². The van der Waals surface area contributed by atoms with Gasteiger partial charge in [0.1, 0.15) is 6.61 Å². The lowest BCUT2D eigenvalue weighted by Crippen LogP contribution is -1.99. The van der Waals surface area contributed by atoms with Crippen LogP contribution in [0.2, 0.25) is 10.0 Å². The quantitative estimate of drug-likeness (QED) is 0.409. The normalized spacial score (nSPS) is 11.0. The first-order valence-corrected chi connectivity index (χ1v) is 9.58. The fourth-order valence-electron chi connectivity index (χ4n) is 2.67. The van der Waals surface area contributed by atoms with E-state index < -0.39 is 0 Å². The molecule has 0 saturated carbocycles. The molecular weight excluding hydrogens is 393 g/mol. The standard InChI is InChI=1S/C23H21Cl2NO2/c1-15-7-9-17(10-8-15)14-28-23-20(25)11-18(12-22(23)27-3)13-26-21-6-4-5-19(24)16(21)2/h4-13H,14H2,1-3H3. The Hall–Kier alpha value is -2.49.